The molecule has 7 rings (SSSR count). The molecule has 0 radical (unpaired) electrons. The molecule has 2 nitrogen and oxygen atoms in total. The van der Waals surface area contributed by atoms with Crippen LogP contribution >= 0.6 is 0 Å². The van der Waals surface area contributed by atoms with Gasteiger partial charge in [-0.3, -0.25) is 0 Å². The smallest absolute Gasteiger partial charge is 0.210 e. The van der Waals surface area contributed by atoms with E-state index in [-0.39, 0.29) is 34.8 Å². The van der Waals surface area contributed by atoms with Crippen LogP contribution in [0.25, 0.3) is 21.5 Å². The Balaban J connectivity index is 0.00000984. The first-order valence-electron chi connectivity index (χ1n) is 32.9. The van der Waals surface area contributed by atoms with E-state index in [0.29, 0.717) is 0 Å². The zero-order chi connectivity index (χ0) is 54.1. The molecule has 0 bridgehead atoms. The molecule has 0 fully saturated rings. The van der Waals surface area contributed by atoms with Gasteiger partial charge < -0.3 is 28.9 Å². The highest BCUT2D eigenvalue weighted by molar-refractivity contribution is 6.07. The average molecular weight is 1170 g/mol. The maximum atomic E-state index is 2.72. The van der Waals surface area contributed by atoms with E-state index in [2.05, 4.69) is 155 Å². The quantitative estimate of drug-likeness (QED) is 0.0248. The summed E-state index contributed by atoms with van der Waals surface area (Å²) in [5.74, 6) is 0. The summed E-state index contributed by atoms with van der Waals surface area (Å²) >= 11 is 0. The third kappa shape index (κ3) is 17.8. The van der Waals surface area contributed by atoms with E-state index in [1.165, 1.54) is 284 Å². The van der Waals surface area contributed by atoms with Crippen LogP contribution in [0.2, 0.25) is 0 Å². The topological polar surface area (TPSA) is 6.25 Å². The van der Waals surface area contributed by atoms with Gasteiger partial charge in [0.05, 0.1) is 5.41 Å². The monoisotopic (exact) mass is 1170 g/mol. The number of benzene rings is 4. The number of allylic oxidation sites excluding steroid dienone is 8. The van der Waals surface area contributed by atoms with Crippen LogP contribution in [0.15, 0.2) is 120 Å². The van der Waals surface area contributed by atoms with Crippen molar-refractivity contribution in [1.29, 1.82) is 0 Å². The number of rotatable bonds is 37. The number of fused-ring (bicyclic) bond motifs is 6. The fourth-order valence-electron chi connectivity index (χ4n) is 14.0. The molecule has 0 saturated carbocycles. The van der Waals surface area contributed by atoms with Gasteiger partial charge in [0.2, 0.25) is 5.69 Å². The normalized spacial score (nSPS) is 16.9. The van der Waals surface area contributed by atoms with Crippen molar-refractivity contribution >= 4 is 38.6 Å². The van der Waals surface area contributed by atoms with E-state index in [1.807, 2.05) is 0 Å². The Morgan fingerprint density at radius 2 is 0.910 bits per heavy atom. The summed E-state index contributed by atoms with van der Waals surface area (Å²) in [5, 5.41) is 5.53. The molecular weight excluding hydrogens is 1060 g/mol. The number of unbranched alkanes of at least 4 members (excludes halogenated alkanes) is 30. The molecule has 0 aromatic heterocycles. The van der Waals surface area contributed by atoms with Crippen LogP contribution in [-0.4, -0.2) is 23.4 Å². The van der Waals surface area contributed by atoms with Gasteiger partial charge in [0.1, 0.15) is 6.54 Å². The van der Waals surface area contributed by atoms with Gasteiger partial charge in [-0.2, -0.15) is 4.58 Å². The van der Waals surface area contributed by atoms with Gasteiger partial charge in [0.15, 0.2) is 5.71 Å². The van der Waals surface area contributed by atoms with Crippen molar-refractivity contribution in [3.05, 3.63) is 131 Å². The van der Waals surface area contributed by atoms with Gasteiger partial charge in [-0.1, -0.05) is 281 Å². The Morgan fingerprint density at radius 1 is 0.462 bits per heavy atom. The highest BCUT2D eigenvalue weighted by Crippen LogP contribution is 2.51. The van der Waals surface area contributed by atoms with Gasteiger partial charge in [-0.05, 0) is 115 Å². The first-order valence-corrected chi connectivity index (χ1v) is 32.9. The highest BCUT2D eigenvalue weighted by Gasteiger charge is 2.45. The lowest BCUT2D eigenvalue weighted by molar-refractivity contribution is -0.438. The first-order chi connectivity index (χ1) is 37.7. The summed E-state index contributed by atoms with van der Waals surface area (Å²) in [4.78, 5) is 2.72. The molecule has 3 heteroatoms. The van der Waals surface area contributed by atoms with E-state index in [9.17, 15) is 0 Å². The number of anilines is 1. The van der Waals surface area contributed by atoms with Gasteiger partial charge in [-0.15, -0.1) is 0 Å². The summed E-state index contributed by atoms with van der Waals surface area (Å²) in [5.41, 5.74) is 13.1. The van der Waals surface area contributed by atoms with Crippen molar-refractivity contribution in [2.24, 2.45) is 0 Å². The fraction of sp³-hybridized carbons (Fsp3) is 0.613. The summed E-state index contributed by atoms with van der Waals surface area (Å²) in [6.45, 7) is 19.2. The van der Waals surface area contributed by atoms with Gasteiger partial charge in [-0.25, -0.2) is 0 Å². The molecule has 0 unspecified atom stereocenters. The standard InChI is InChI=1S/C75H111N2.HI/c1-8-10-12-14-16-18-20-22-24-26-28-30-32-34-36-42-59-76-68-55-51-64-45-38-40-49-66(64)72(68)74(4,5)70(76)57-53-62-47-44-48-63(61(62)3)54-58-71-75(6,7)73-67-50-41-39-46-65(67)52-56-69(73)77(71)60-43-37-35-33-31-29-27-25-23-21-19-17-15-13-11-9-2;/h38-41,45-46,49-58H,8-37,42-44,47-48,59-60H2,1-7H3;1H/q+1;/p-1. The molecule has 428 valence electrons. The Morgan fingerprint density at radius 3 is 1.42 bits per heavy atom. The van der Waals surface area contributed by atoms with Gasteiger partial charge >= 0.3 is 0 Å². The number of hydrogen-bond acceptors (Lipinski definition) is 1. The SMILES string of the molecule is CCCCCCCCCCCCCCCCCCN1/C(=C/C=C2\CCCC(/C=C/C3=[N+](CCCCCCCCCCCCCCCCCC)c4ccc5ccccc5c4C3(C)C)=C2C)C(C)(C)c2c1ccc1ccccc21.[I-]. The summed E-state index contributed by atoms with van der Waals surface area (Å²) in [7, 11) is 0. The second kappa shape index (κ2) is 34.1. The van der Waals surface area contributed by atoms with E-state index < -0.39 is 0 Å². The number of halogens is 1. The lowest BCUT2D eigenvalue weighted by Crippen LogP contribution is -3.00. The largest absolute Gasteiger partial charge is 1.00 e. The van der Waals surface area contributed by atoms with Crippen LogP contribution < -0.4 is 28.9 Å². The zero-order valence-electron chi connectivity index (χ0n) is 51.2. The second-order valence-electron chi connectivity index (χ2n) is 25.5. The third-order valence-corrected chi connectivity index (χ3v) is 18.7. The van der Waals surface area contributed by atoms with Crippen LogP contribution in [0, 0.1) is 0 Å². The van der Waals surface area contributed by atoms with Gasteiger partial charge in [0.25, 0.3) is 0 Å². The lowest BCUT2D eigenvalue weighted by Gasteiger charge is -2.27. The van der Waals surface area contributed by atoms with Gasteiger partial charge in [0, 0.05) is 47.5 Å². The van der Waals surface area contributed by atoms with Crippen molar-refractivity contribution in [3.63, 3.8) is 0 Å². The van der Waals surface area contributed by atoms with Crippen LogP contribution in [0.3, 0.4) is 0 Å². The lowest BCUT2D eigenvalue weighted by atomic mass is 9.78. The predicted molar refractivity (Wildman–Crippen MR) is 342 cm³/mol. The molecule has 0 atom stereocenters. The van der Waals surface area contributed by atoms with Crippen LogP contribution in [0.1, 0.15) is 284 Å². The summed E-state index contributed by atoms with van der Waals surface area (Å²) < 4.78 is 2.72. The fourth-order valence-corrected chi connectivity index (χ4v) is 14.0. The highest BCUT2D eigenvalue weighted by atomic mass is 127. The molecule has 3 aliphatic rings. The van der Waals surface area contributed by atoms with Crippen molar-refractivity contribution in [2.75, 3.05) is 18.0 Å². The molecule has 2 aliphatic heterocycles. The molecule has 4 aromatic carbocycles. The molecule has 0 saturated heterocycles. The molecule has 2 heterocycles. The average Bonchev–Trinajstić information content (AvgIpc) is 4.07. The number of hydrogen-bond donors (Lipinski definition) is 0. The minimum atomic E-state index is -0.0862. The Hall–Kier alpha value is -3.44. The maximum Gasteiger partial charge on any atom is 0.210 e. The maximum absolute atomic E-state index is 2.72. The predicted octanol–water partition coefficient (Wildman–Crippen LogP) is 20.6. The molecule has 78 heavy (non-hydrogen) atoms. The Bertz CT molecular complexity index is 2580. The molecule has 0 amide bonds. The van der Waals surface area contributed by atoms with E-state index in [0.717, 1.165) is 25.9 Å². The third-order valence-electron chi connectivity index (χ3n) is 18.7. The number of nitrogens with zero attached hydrogens (tertiary/aromatic N) is 2. The first kappa shape index (κ1) is 63.7. The van der Waals surface area contributed by atoms with Crippen molar-refractivity contribution in [3.8, 4) is 0 Å². The Kier molecular flexibility index (Phi) is 27.9. The van der Waals surface area contributed by atoms with Crippen molar-refractivity contribution < 1.29 is 28.6 Å². The van der Waals surface area contributed by atoms with Crippen molar-refractivity contribution in [2.45, 2.75) is 284 Å². The molecule has 4 aromatic rings. The minimum absolute atomic E-state index is 0. The zero-order valence-corrected chi connectivity index (χ0v) is 53.3. The summed E-state index contributed by atoms with van der Waals surface area (Å²) in [6.07, 6.45) is 58.6. The van der Waals surface area contributed by atoms with Crippen molar-refractivity contribution in [1.82, 2.24) is 0 Å². The Labute approximate surface area is 496 Å². The van der Waals surface area contributed by atoms with Crippen LogP contribution in [0.5, 0.6) is 0 Å². The van der Waals surface area contributed by atoms with E-state index >= 15 is 0 Å². The van der Waals surface area contributed by atoms with Crippen LogP contribution in [-0.2, 0) is 10.8 Å². The molecule has 0 N–H and O–H groups in total. The van der Waals surface area contributed by atoms with Crippen LogP contribution in [0.4, 0.5) is 11.4 Å². The van der Waals surface area contributed by atoms with E-state index in [4.69, 9.17) is 0 Å². The molecular formula is C75H111IN2. The second-order valence-corrected chi connectivity index (χ2v) is 25.5. The van der Waals surface area contributed by atoms with E-state index in [1.54, 1.807) is 0 Å². The summed E-state index contributed by atoms with van der Waals surface area (Å²) in [6, 6.07) is 27.8. The minimum Gasteiger partial charge on any atom is -1.00 e. The molecule has 0 spiro atoms. The molecule has 1 aliphatic carbocycles.